The van der Waals surface area contributed by atoms with Crippen LogP contribution in [0.4, 0.5) is 0 Å². The molecule has 1 aromatic carbocycles. The summed E-state index contributed by atoms with van der Waals surface area (Å²) in [5, 5.41) is 3.01. The Morgan fingerprint density at radius 1 is 1.26 bits per heavy atom. The summed E-state index contributed by atoms with van der Waals surface area (Å²) in [4.78, 5) is 13.3. The molecule has 0 aliphatic carbocycles. The molecule has 2 aromatic heterocycles. The zero-order valence-electron chi connectivity index (χ0n) is 10.4. The number of para-hydroxylation sites is 1. The van der Waals surface area contributed by atoms with Gasteiger partial charge in [0, 0.05) is 17.4 Å². The molecular weight excluding hydrogens is 254 g/mol. The fourth-order valence-corrected chi connectivity index (χ4v) is 2.93. The van der Waals surface area contributed by atoms with Gasteiger partial charge in [-0.1, -0.05) is 30.3 Å². The number of benzene rings is 1. The van der Waals surface area contributed by atoms with Crippen molar-refractivity contribution in [3.8, 4) is 0 Å². The molecule has 3 aromatic rings. The highest BCUT2D eigenvalue weighted by atomic mass is 32.1. The van der Waals surface area contributed by atoms with E-state index in [1.54, 1.807) is 0 Å². The van der Waals surface area contributed by atoms with Crippen molar-refractivity contribution in [2.75, 3.05) is 0 Å². The Morgan fingerprint density at radius 3 is 2.84 bits per heavy atom. The fraction of sp³-hybridized carbons (Fsp3) is 0.0625. The minimum Gasteiger partial charge on any atom is -0.334 e. The lowest BCUT2D eigenvalue weighted by Crippen LogP contribution is -2.08. The van der Waals surface area contributed by atoms with E-state index in [9.17, 15) is 4.79 Å². The lowest BCUT2D eigenvalue weighted by atomic mass is 10.2. The number of hydrogen-bond acceptors (Lipinski definition) is 2. The third-order valence-corrected chi connectivity index (χ3v) is 3.97. The number of fused-ring (bicyclic) bond motifs is 1. The first-order valence-electron chi connectivity index (χ1n) is 6.08. The van der Waals surface area contributed by atoms with Crippen LogP contribution in [0.2, 0.25) is 0 Å². The number of thiophene rings is 1. The summed E-state index contributed by atoms with van der Waals surface area (Å²) < 4.78 is 2.02. The molecule has 0 saturated carbocycles. The van der Waals surface area contributed by atoms with Crippen LogP contribution in [0, 0.1) is 0 Å². The maximum absolute atomic E-state index is 12.5. The van der Waals surface area contributed by atoms with Gasteiger partial charge >= 0.3 is 0 Å². The number of carbonyl (C=O) groups is 1. The van der Waals surface area contributed by atoms with E-state index in [1.807, 2.05) is 58.5 Å². The van der Waals surface area contributed by atoms with Crippen LogP contribution in [0.15, 0.2) is 60.5 Å². The van der Waals surface area contributed by atoms with Crippen LogP contribution in [0.25, 0.3) is 10.9 Å². The maximum Gasteiger partial charge on any atom is 0.219 e. The van der Waals surface area contributed by atoms with Gasteiger partial charge in [-0.15, -0.1) is 17.9 Å². The van der Waals surface area contributed by atoms with Gasteiger partial charge in [-0.3, -0.25) is 4.79 Å². The summed E-state index contributed by atoms with van der Waals surface area (Å²) in [5.41, 5.74) is 1.80. The number of rotatable bonds is 4. The molecule has 3 rings (SSSR count). The Labute approximate surface area is 115 Å². The van der Waals surface area contributed by atoms with Crippen molar-refractivity contribution in [1.82, 2.24) is 4.57 Å². The van der Waals surface area contributed by atoms with Gasteiger partial charge in [0.2, 0.25) is 5.78 Å². The zero-order chi connectivity index (χ0) is 13.2. The maximum atomic E-state index is 12.5. The van der Waals surface area contributed by atoms with Crippen LogP contribution in [0.3, 0.4) is 0 Å². The standard InChI is InChI=1S/C16H13NOS/c1-2-9-17-13-7-4-3-6-12(13)11-14(17)16(18)15-8-5-10-19-15/h2-8,10-11H,1,9H2. The highest BCUT2D eigenvalue weighted by Gasteiger charge is 2.16. The molecule has 0 fully saturated rings. The first kappa shape index (κ1) is 11.9. The molecule has 2 heterocycles. The molecule has 0 saturated heterocycles. The highest BCUT2D eigenvalue weighted by Crippen LogP contribution is 2.23. The minimum atomic E-state index is 0.0769. The van der Waals surface area contributed by atoms with Crippen LogP contribution in [-0.4, -0.2) is 10.4 Å². The lowest BCUT2D eigenvalue weighted by molar-refractivity contribution is 0.103. The molecule has 0 atom stereocenters. The van der Waals surface area contributed by atoms with Crippen LogP contribution in [-0.2, 0) is 6.54 Å². The summed E-state index contributed by atoms with van der Waals surface area (Å²) in [6.07, 6.45) is 1.82. The van der Waals surface area contributed by atoms with Crippen molar-refractivity contribution >= 4 is 28.0 Å². The lowest BCUT2D eigenvalue weighted by Gasteiger charge is -2.06. The van der Waals surface area contributed by atoms with Crippen LogP contribution in [0.1, 0.15) is 15.4 Å². The van der Waals surface area contributed by atoms with Gasteiger partial charge in [0.05, 0.1) is 10.6 Å². The van der Waals surface area contributed by atoms with E-state index in [0.29, 0.717) is 6.54 Å². The molecule has 94 valence electrons. The third kappa shape index (κ3) is 2.02. The Kier molecular flexibility index (Phi) is 3.05. The molecule has 0 amide bonds. The normalized spacial score (nSPS) is 10.7. The van der Waals surface area contributed by atoms with Gasteiger partial charge in [-0.2, -0.15) is 0 Å². The Balaban J connectivity index is 2.19. The van der Waals surface area contributed by atoms with Gasteiger partial charge in [0.25, 0.3) is 0 Å². The van der Waals surface area contributed by atoms with E-state index in [4.69, 9.17) is 0 Å². The predicted molar refractivity (Wildman–Crippen MR) is 79.9 cm³/mol. The number of carbonyl (C=O) groups excluding carboxylic acids is 1. The van der Waals surface area contributed by atoms with Crippen molar-refractivity contribution in [3.63, 3.8) is 0 Å². The van der Waals surface area contributed by atoms with Crippen LogP contribution < -0.4 is 0 Å². The SMILES string of the molecule is C=CCn1c(C(=O)c2cccs2)cc2ccccc21. The average Bonchev–Trinajstić information content (AvgIpc) is 3.06. The average molecular weight is 267 g/mol. The van der Waals surface area contributed by atoms with E-state index in [-0.39, 0.29) is 5.78 Å². The van der Waals surface area contributed by atoms with Gasteiger partial charge in [0.1, 0.15) is 0 Å². The molecule has 19 heavy (non-hydrogen) atoms. The van der Waals surface area contributed by atoms with E-state index in [1.165, 1.54) is 11.3 Å². The largest absolute Gasteiger partial charge is 0.334 e. The zero-order valence-corrected chi connectivity index (χ0v) is 11.2. The molecule has 0 aliphatic heterocycles. The van der Waals surface area contributed by atoms with E-state index >= 15 is 0 Å². The third-order valence-electron chi connectivity index (χ3n) is 3.10. The van der Waals surface area contributed by atoms with Crippen molar-refractivity contribution in [3.05, 3.63) is 71.1 Å². The number of allylic oxidation sites excluding steroid dienone is 1. The van der Waals surface area contributed by atoms with Crippen LogP contribution >= 0.6 is 11.3 Å². The summed E-state index contributed by atoms with van der Waals surface area (Å²) >= 11 is 1.47. The minimum absolute atomic E-state index is 0.0769. The summed E-state index contributed by atoms with van der Waals surface area (Å²) in [6, 6.07) is 13.8. The summed E-state index contributed by atoms with van der Waals surface area (Å²) in [7, 11) is 0. The molecule has 3 heteroatoms. The van der Waals surface area contributed by atoms with Crippen molar-refractivity contribution in [2.24, 2.45) is 0 Å². The fourth-order valence-electron chi connectivity index (χ4n) is 2.26. The van der Waals surface area contributed by atoms with E-state index in [2.05, 4.69) is 6.58 Å². The molecule has 0 N–H and O–H groups in total. The van der Waals surface area contributed by atoms with Gasteiger partial charge in [-0.05, 0) is 23.6 Å². The quantitative estimate of drug-likeness (QED) is 0.515. The first-order valence-corrected chi connectivity index (χ1v) is 6.96. The Morgan fingerprint density at radius 2 is 2.11 bits per heavy atom. The van der Waals surface area contributed by atoms with Crippen LogP contribution in [0.5, 0.6) is 0 Å². The second-order valence-electron chi connectivity index (χ2n) is 4.29. The molecule has 0 aliphatic rings. The first-order chi connectivity index (χ1) is 9.31. The van der Waals surface area contributed by atoms with Gasteiger partial charge in [0.15, 0.2) is 0 Å². The Bertz CT molecular complexity index is 737. The van der Waals surface area contributed by atoms with E-state index < -0.39 is 0 Å². The molecular formula is C16H13NOS. The molecule has 0 bridgehead atoms. The van der Waals surface area contributed by atoms with Crippen molar-refractivity contribution < 1.29 is 4.79 Å². The predicted octanol–water partition coefficient (Wildman–Crippen LogP) is 4.12. The van der Waals surface area contributed by atoms with Gasteiger partial charge in [-0.25, -0.2) is 0 Å². The Hall–Kier alpha value is -2.13. The smallest absolute Gasteiger partial charge is 0.219 e. The highest BCUT2D eigenvalue weighted by molar-refractivity contribution is 7.12. The van der Waals surface area contributed by atoms with Crippen molar-refractivity contribution in [1.29, 1.82) is 0 Å². The van der Waals surface area contributed by atoms with Gasteiger partial charge < -0.3 is 4.57 Å². The number of hydrogen-bond donors (Lipinski definition) is 0. The second kappa shape index (κ2) is 4.86. The summed E-state index contributed by atoms with van der Waals surface area (Å²) in [6.45, 7) is 4.41. The number of nitrogens with zero attached hydrogens (tertiary/aromatic N) is 1. The van der Waals surface area contributed by atoms with E-state index in [0.717, 1.165) is 21.5 Å². The molecule has 2 nitrogen and oxygen atoms in total. The number of aromatic nitrogens is 1. The monoisotopic (exact) mass is 267 g/mol. The molecule has 0 spiro atoms. The number of ketones is 1. The second-order valence-corrected chi connectivity index (χ2v) is 5.24. The summed E-state index contributed by atoms with van der Waals surface area (Å²) in [5.74, 6) is 0.0769. The molecule has 0 radical (unpaired) electrons. The molecule has 0 unspecified atom stereocenters. The topological polar surface area (TPSA) is 22.0 Å². The van der Waals surface area contributed by atoms with Crippen molar-refractivity contribution in [2.45, 2.75) is 6.54 Å².